The maximum absolute atomic E-state index is 9.10. The quantitative estimate of drug-likeness (QED) is 0.798. The first-order valence-corrected chi connectivity index (χ1v) is 5.52. The molecule has 0 atom stereocenters. The molecule has 2 heteroatoms. The van der Waals surface area contributed by atoms with Crippen molar-refractivity contribution < 1.29 is 0 Å². The molecule has 0 unspecified atom stereocenters. The molecule has 1 saturated carbocycles. The predicted octanol–water partition coefficient (Wildman–Crippen LogP) is 3.36. The molecule has 0 amide bonds. The molecule has 1 aliphatic rings. The molecule has 0 saturated heterocycles. The van der Waals surface area contributed by atoms with Crippen LogP contribution in [0.1, 0.15) is 49.6 Å². The summed E-state index contributed by atoms with van der Waals surface area (Å²) < 4.78 is 0. The van der Waals surface area contributed by atoms with Crippen molar-refractivity contribution in [2.24, 2.45) is 0 Å². The summed E-state index contributed by atoms with van der Waals surface area (Å²) in [7, 11) is 0. The van der Waals surface area contributed by atoms with Crippen molar-refractivity contribution in [2.45, 2.75) is 38.0 Å². The van der Waals surface area contributed by atoms with Gasteiger partial charge in [-0.2, -0.15) is 5.26 Å². The molecule has 1 heterocycles. The number of nitriles is 1. The van der Waals surface area contributed by atoms with E-state index >= 15 is 0 Å². The van der Waals surface area contributed by atoms with Crippen molar-refractivity contribution in [3.05, 3.63) is 29.6 Å². The maximum Gasteiger partial charge on any atom is 0.101 e. The van der Waals surface area contributed by atoms with E-state index in [0.29, 0.717) is 0 Å². The van der Waals surface area contributed by atoms with Crippen LogP contribution in [0.25, 0.3) is 6.08 Å². The first-order chi connectivity index (χ1) is 7.25. The summed E-state index contributed by atoms with van der Waals surface area (Å²) in [5, 5.41) is 9.10. The molecule has 15 heavy (non-hydrogen) atoms. The molecule has 1 N–H and O–H groups in total. The Morgan fingerprint density at radius 3 is 2.80 bits per heavy atom. The summed E-state index contributed by atoms with van der Waals surface area (Å²) in [5.41, 5.74) is 3.13. The number of aromatic nitrogens is 1. The first kappa shape index (κ1) is 10.0. The van der Waals surface area contributed by atoms with Crippen molar-refractivity contribution in [1.82, 2.24) is 4.98 Å². The van der Waals surface area contributed by atoms with Gasteiger partial charge in [-0.15, -0.1) is 0 Å². The number of rotatable bonds is 3. The number of H-pyrrole nitrogens is 1. The summed E-state index contributed by atoms with van der Waals surface area (Å²) in [5.74, 6) is 0. The van der Waals surface area contributed by atoms with E-state index in [0.717, 1.165) is 23.4 Å². The number of aromatic amines is 1. The first-order valence-electron chi connectivity index (χ1n) is 5.52. The lowest BCUT2D eigenvalue weighted by molar-refractivity contribution is 0.228. The van der Waals surface area contributed by atoms with Gasteiger partial charge in [0, 0.05) is 16.8 Å². The third-order valence-corrected chi connectivity index (χ3v) is 3.70. The van der Waals surface area contributed by atoms with Gasteiger partial charge in [-0.1, -0.05) is 19.9 Å². The second-order valence-corrected chi connectivity index (χ2v) is 4.32. The normalized spacial score (nSPS) is 17.9. The Kier molecular flexibility index (Phi) is 2.40. The Labute approximate surface area is 90.6 Å². The average molecular weight is 200 g/mol. The van der Waals surface area contributed by atoms with E-state index in [1.165, 1.54) is 19.3 Å². The molecule has 1 fully saturated rings. The minimum absolute atomic E-state index is 0.242. The Morgan fingerprint density at radius 1 is 1.67 bits per heavy atom. The van der Waals surface area contributed by atoms with Gasteiger partial charge in [-0.3, -0.25) is 0 Å². The molecule has 1 aromatic rings. The van der Waals surface area contributed by atoms with E-state index in [1.807, 2.05) is 6.07 Å². The van der Waals surface area contributed by atoms with Gasteiger partial charge in [0.05, 0.1) is 5.56 Å². The molecule has 78 valence electrons. The van der Waals surface area contributed by atoms with Crippen LogP contribution in [0.3, 0.4) is 0 Å². The van der Waals surface area contributed by atoms with Gasteiger partial charge in [0.1, 0.15) is 6.07 Å². The minimum Gasteiger partial charge on any atom is -0.357 e. The third kappa shape index (κ3) is 1.39. The van der Waals surface area contributed by atoms with Crippen LogP contribution in [-0.4, -0.2) is 4.98 Å². The summed E-state index contributed by atoms with van der Waals surface area (Å²) in [6, 6.07) is 4.18. The number of hydrogen-bond acceptors (Lipinski definition) is 1. The van der Waals surface area contributed by atoms with Crippen molar-refractivity contribution in [3.63, 3.8) is 0 Å². The fraction of sp³-hybridized carbons (Fsp3) is 0.462. The van der Waals surface area contributed by atoms with Crippen molar-refractivity contribution in [1.29, 1.82) is 5.26 Å². The highest BCUT2D eigenvalue weighted by molar-refractivity contribution is 5.52. The van der Waals surface area contributed by atoms with Crippen LogP contribution in [0.4, 0.5) is 0 Å². The van der Waals surface area contributed by atoms with Crippen LogP contribution < -0.4 is 0 Å². The van der Waals surface area contributed by atoms with Crippen LogP contribution >= 0.6 is 0 Å². The van der Waals surface area contributed by atoms with Crippen LogP contribution in [0.5, 0.6) is 0 Å². The lowest BCUT2D eigenvalue weighted by Gasteiger charge is -2.41. The van der Waals surface area contributed by atoms with E-state index in [1.54, 1.807) is 6.08 Å². The topological polar surface area (TPSA) is 39.6 Å². The number of hydrogen-bond donors (Lipinski definition) is 1. The van der Waals surface area contributed by atoms with Gasteiger partial charge < -0.3 is 4.98 Å². The number of nitrogens with zero attached hydrogens (tertiary/aromatic N) is 1. The van der Waals surface area contributed by atoms with E-state index in [-0.39, 0.29) is 5.41 Å². The summed E-state index contributed by atoms with van der Waals surface area (Å²) in [6.45, 7) is 5.93. The molecule has 2 rings (SSSR count). The third-order valence-electron chi connectivity index (χ3n) is 3.70. The lowest BCUT2D eigenvalue weighted by atomic mass is 9.64. The lowest BCUT2D eigenvalue weighted by Crippen LogP contribution is -2.34. The maximum atomic E-state index is 9.10. The molecule has 0 spiro atoms. The van der Waals surface area contributed by atoms with Crippen LogP contribution in [0, 0.1) is 11.3 Å². The standard InChI is InChI=1S/C13H16N2/c1-3-11-8-10(9-14)12(15-11)13(4-2)6-5-7-13/h3,8,15H,1,4-7H2,2H3. The van der Waals surface area contributed by atoms with Crippen LogP contribution in [-0.2, 0) is 5.41 Å². The van der Waals surface area contributed by atoms with Gasteiger partial charge in [-0.25, -0.2) is 0 Å². The zero-order valence-corrected chi connectivity index (χ0v) is 9.14. The van der Waals surface area contributed by atoms with Crippen molar-refractivity contribution in [3.8, 4) is 6.07 Å². The molecule has 1 aliphatic carbocycles. The van der Waals surface area contributed by atoms with Gasteiger partial charge in [-0.05, 0) is 31.4 Å². The summed E-state index contributed by atoms with van der Waals surface area (Å²) >= 11 is 0. The second-order valence-electron chi connectivity index (χ2n) is 4.32. The highest BCUT2D eigenvalue weighted by Gasteiger charge is 2.39. The van der Waals surface area contributed by atoms with Crippen LogP contribution in [0.2, 0.25) is 0 Å². The molecular formula is C13H16N2. The van der Waals surface area contributed by atoms with E-state index in [2.05, 4.69) is 24.6 Å². The van der Waals surface area contributed by atoms with Gasteiger partial charge in [0.2, 0.25) is 0 Å². The Bertz CT molecular complexity index is 411. The SMILES string of the molecule is C=Cc1cc(C#N)c(C2(CC)CCC2)[nH]1. The van der Waals surface area contributed by atoms with Gasteiger partial charge in [0.25, 0.3) is 0 Å². The Balaban J connectivity index is 2.46. The largest absolute Gasteiger partial charge is 0.357 e. The predicted molar refractivity (Wildman–Crippen MR) is 61.4 cm³/mol. The molecule has 1 aromatic heterocycles. The zero-order valence-electron chi connectivity index (χ0n) is 9.14. The van der Waals surface area contributed by atoms with E-state index in [9.17, 15) is 0 Å². The Morgan fingerprint density at radius 2 is 2.40 bits per heavy atom. The molecule has 0 aliphatic heterocycles. The fourth-order valence-electron chi connectivity index (χ4n) is 2.48. The van der Waals surface area contributed by atoms with E-state index in [4.69, 9.17) is 5.26 Å². The van der Waals surface area contributed by atoms with Gasteiger partial charge >= 0.3 is 0 Å². The average Bonchev–Trinajstić information content (AvgIpc) is 2.61. The van der Waals surface area contributed by atoms with Gasteiger partial charge in [0.15, 0.2) is 0 Å². The zero-order chi connectivity index (χ0) is 10.9. The van der Waals surface area contributed by atoms with Crippen molar-refractivity contribution >= 4 is 6.08 Å². The summed E-state index contributed by atoms with van der Waals surface area (Å²) in [6.07, 6.45) is 6.57. The number of nitrogens with one attached hydrogen (secondary N) is 1. The smallest absolute Gasteiger partial charge is 0.101 e. The van der Waals surface area contributed by atoms with Crippen LogP contribution in [0.15, 0.2) is 12.6 Å². The van der Waals surface area contributed by atoms with E-state index < -0.39 is 0 Å². The molecule has 0 aromatic carbocycles. The minimum atomic E-state index is 0.242. The molecule has 0 radical (unpaired) electrons. The molecule has 0 bridgehead atoms. The fourth-order valence-corrected chi connectivity index (χ4v) is 2.48. The molecular weight excluding hydrogens is 184 g/mol. The molecule has 2 nitrogen and oxygen atoms in total. The highest BCUT2D eigenvalue weighted by atomic mass is 14.8. The monoisotopic (exact) mass is 200 g/mol. The Hall–Kier alpha value is -1.49. The second kappa shape index (κ2) is 3.58. The highest BCUT2D eigenvalue weighted by Crippen LogP contribution is 2.47. The summed E-state index contributed by atoms with van der Waals surface area (Å²) in [4.78, 5) is 3.34. The van der Waals surface area contributed by atoms with Crippen molar-refractivity contribution in [2.75, 3.05) is 0 Å².